The molecule has 1 aromatic heterocycles. The van der Waals surface area contributed by atoms with Crippen LogP contribution in [0.25, 0.3) is 11.3 Å². The zero-order chi connectivity index (χ0) is 13.1. The molecule has 0 bridgehead atoms. The van der Waals surface area contributed by atoms with Gasteiger partial charge in [0.15, 0.2) is 11.5 Å². The lowest BCUT2D eigenvalue weighted by Crippen LogP contribution is -2.00. The minimum Gasteiger partial charge on any atom is -0.493 e. The standard InChI is InChI=1S/C12H14N4O2/c1-17-9-4-3-7(5-10(9)18-2)8-6-11(13)16-12(14)15-8/h3-6H,1-2H3,(H4,13,14,15,16). The summed E-state index contributed by atoms with van der Waals surface area (Å²) in [5, 5.41) is 0. The summed E-state index contributed by atoms with van der Waals surface area (Å²) in [6.45, 7) is 0. The van der Waals surface area contributed by atoms with E-state index in [-0.39, 0.29) is 5.95 Å². The molecule has 0 fully saturated rings. The quantitative estimate of drug-likeness (QED) is 0.848. The SMILES string of the molecule is COc1ccc(-c2cc(N)nc(N)n2)cc1OC. The molecule has 0 aliphatic rings. The van der Waals surface area contributed by atoms with Crippen LogP contribution in [0.15, 0.2) is 24.3 Å². The molecular formula is C12H14N4O2. The summed E-state index contributed by atoms with van der Waals surface area (Å²) in [6.07, 6.45) is 0. The molecule has 94 valence electrons. The molecule has 2 aromatic rings. The maximum atomic E-state index is 5.64. The van der Waals surface area contributed by atoms with Crippen LogP contribution >= 0.6 is 0 Å². The molecule has 0 atom stereocenters. The van der Waals surface area contributed by atoms with E-state index in [0.717, 1.165) is 5.56 Å². The average molecular weight is 246 g/mol. The first-order chi connectivity index (χ1) is 8.63. The normalized spacial score (nSPS) is 10.1. The second-order valence-electron chi connectivity index (χ2n) is 3.61. The fourth-order valence-electron chi connectivity index (χ4n) is 1.63. The van der Waals surface area contributed by atoms with E-state index in [0.29, 0.717) is 23.0 Å². The van der Waals surface area contributed by atoms with E-state index in [4.69, 9.17) is 20.9 Å². The number of nitrogens with two attached hydrogens (primary N) is 2. The Bertz CT molecular complexity index is 552. The number of ether oxygens (including phenoxy) is 2. The molecule has 6 heteroatoms. The third kappa shape index (κ3) is 2.27. The molecule has 6 nitrogen and oxygen atoms in total. The highest BCUT2D eigenvalue weighted by molar-refractivity contribution is 5.66. The van der Waals surface area contributed by atoms with E-state index in [1.807, 2.05) is 6.07 Å². The van der Waals surface area contributed by atoms with Gasteiger partial charge in [-0.2, -0.15) is 4.98 Å². The van der Waals surface area contributed by atoms with Crippen molar-refractivity contribution in [2.45, 2.75) is 0 Å². The minimum atomic E-state index is 0.139. The van der Waals surface area contributed by atoms with Gasteiger partial charge < -0.3 is 20.9 Å². The van der Waals surface area contributed by atoms with Gasteiger partial charge in [-0.05, 0) is 18.2 Å². The van der Waals surface area contributed by atoms with Crippen molar-refractivity contribution in [1.29, 1.82) is 0 Å². The summed E-state index contributed by atoms with van der Waals surface area (Å²) < 4.78 is 10.4. The van der Waals surface area contributed by atoms with E-state index < -0.39 is 0 Å². The summed E-state index contributed by atoms with van der Waals surface area (Å²) in [5.74, 6) is 1.73. The first-order valence-electron chi connectivity index (χ1n) is 5.26. The van der Waals surface area contributed by atoms with Gasteiger partial charge >= 0.3 is 0 Å². The van der Waals surface area contributed by atoms with Crippen molar-refractivity contribution in [3.8, 4) is 22.8 Å². The van der Waals surface area contributed by atoms with Gasteiger partial charge in [0.05, 0.1) is 19.9 Å². The zero-order valence-corrected chi connectivity index (χ0v) is 10.2. The number of nitrogen functional groups attached to an aromatic ring is 2. The van der Waals surface area contributed by atoms with Crippen molar-refractivity contribution >= 4 is 11.8 Å². The van der Waals surface area contributed by atoms with Crippen molar-refractivity contribution in [3.63, 3.8) is 0 Å². The number of benzene rings is 1. The number of aromatic nitrogens is 2. The van der Waals surface area contributed by atoms with Crippen LogP contribution in [0.1, 0.15) is 0 Å². The van der Waals surface area contributed by atoms with E-state index in [9.17, 15) is 0 Å². The Balaban J connectivity index is 2.50. The Morgan fingerprint density at radius 3 is 2.28 bits per heavy atom. The number of hydrogen-bond donors (Lipinski definition) is 2. The number of anilines is 2. The van der Waals surface area contributed by atoms with Crippen LogP contribution in [0.5, 0.6) is 11.5 Å². The second-order valence-corrected chi connectivity index (χ2v) is 3.61. The fourth-order valence-corrected chi connectivity index (χ4v) is 1.63. The van der Waals surface area contributed by atoms with Gasteiger partial charge in [-0.1, -0.05) is 0 Å². The van der Waals surface area contributed by atoms with E-state index in [1.54, 1.807) is 32.4 Å². The molecule has 18 heavy (non-hydrogen) atoms. The monoisotopic (exact) mass is 246 g/mol. The van der Waals surface area contributed by atoms with Crippen LogP contribution in [-0.2, 0) is 0 Å². The van der Waals surface area contributed by atoms with Crippen LogP contribution in [0, 0.1) is 0 Å². The summed E-state index contributed by atoms with van der Waals surface area (Å²) in [6, 6.07) is 7.10. The number of hydrogen-bond acceptors (Lipinski definition) is 6. The first kappa shape index (κ1) is 12.0. The second kappa shape index (κ2) is 4.79. The van der Waals surface area contributed by atoms with Gasteiger partial charge in [0, 0.05) is 11.6 Å². The maximum absolute atomic E-state index is 5.64. The number of rotatable bonds is 3. The number of methoxy groups -OCH3 is 2. The first-order valence-corrected chi connectivity index (χ1v) is 5.26. The highest BCUT2D eigenvalue weighted by Gasteiger charge is 2.08. The molecule has 0 spiro atoms. The summed E-state index contributed by atoms with van der Waals surface area (Å²) >= 11 is 0. The van der Waals surface area contributed by atoms with Gasteiger partial charge in [-0.3, -0.25) is 0 Å². The molecule has 1 heterocycles. The molecule has 4 N–H and O–H groups in total. The lowest BCUT2D eigenvalue weighted by Gasteiger charge is -2.09. The smallest absolute Gasteiger partial charge is 0.222 e. The molecule has 0 aliphatic heterocycles. The third-order valence-electron chi connectivity index (χ3n) is 2.44. The van der Waals surface area contributed by atoms with Crippen LogP contribution < -0.4 is 20.9 Å². The topological polar surface area (TPSA) is 96.3 Å². The molecule has 2 rings (SSSR count). The van der Waals surface area contributed by atoms with Crippen LogP contribution in [0.4, 0.5) is 11.8 Å². The van der Waals surface area contributed by atoms with E-state index >= 15 is 0 Å². The van der Waals surface area contributed by atoms with E-state index in [2.05, 4.69) is 9.97 Å². The van der Waals surface area contributed by atoms with Crippen LogP contribution in [0.3, 0.4) is 0 Å². The minimum absolute atomic E-state index is 0.139. The average Bonchev–Trinajstić information content (AvgIpc) is 2.36. The highest BCUT2D eigenvalue weighted by Crippen LogP contribution is 2.31. The summed E-state index contributed by atoms with van der Waals surface area (Å²) in [4.78, 5) is 7.95. The number of nitrogens with zero attached hydrogens (tertiary/aromatic N) is 2. The van der Waals surface area contributed by atoms with Crippen molar-refractivity contribution in [2.24, 2.45) is 0 Å². The van der Waals surface area contributed by atoms with Crippen LogP contribution in [0.2, 0.25) is 0 Å². The molecular weight excluding hydrogens is 232 g/mol. The van der Waals surface area contributed by atoms with Crippen molar-refractivity contribution in [1.82, 2.24) is 9.97 Å². The Morgan fingerprint density at radius 1 is 0.944 bits per heavy atom. The van der Waals surface area contributed by atoms with Crippen LogP contribution in [-0.4, -0.2) is 24.2 Å². The fraction of sp³-hybridized carbons (Fsp3) is 0.167. The van der Waals surface area contributed by atoms with Gasteiger partial charge in [-0.15, -0.1) is 0 Å². The van der Waals surface area contributed by atoms with Gasteiger partial charge in [0.1, 0.15) is 5.82 Å². The Kier molecular flexibility index (Phi) is 3.18. The molecule has 0 radical (unpaired) electrons. The summed E-state index contributed by atoms with van der Waals surface area (Å²) in [7, 11) is 3.16. The molecule has 0 saturated carbocycles. The largest absolute Gasteiger partial charge is 0.493 e. The molecule has 0 unspecified atom stereocenters. The Labute approximate surface area is 105 Å². The third-order valence-corrected chi connectivity index (χ3v) is 2.44. The lowest BCUT2D eigenvalue weighted by molar-refractivity contribution is 0.355. The molecule has 1 aromatic carbocycles. The van der Waals surface area contributed by atoms with Gasteiger partial charge in [-0.25, -0.2) is 4.98 Å². The van der Waals surface area contributed by atoms with E-state index in [1.165, 1.54) is 0 Å². The Morgan fingerprint density at radius 2 is 1.67 bits per heavy atom. The van der Waals surface area contributed by atoms with Crippen molar-refractivity contribution in [2.75, 3.05) is 25.7 Å². The molecule has 0 aliphatic carbocycles. The molecule has 0 saturated heterocycles. The van der Waals surface area contributed by atoms with Crippen molar-refractivity contribution in [3.05, 3.63) is 24.3 Å². The lowest BCUT2D eigenvalue weighted by atomic mass is 10.1. The van der Waals surface area contributed by atoms with Gasteiger partial charge in [0.2, 0.25) is 5.95 Å². The van der Waals surface area contributed by atoms with Crippen molar-refractivity contribution < 1.29 is 9.47 Å². The summed E-state index contributed by atoms with van der Waals surface area (Å²) in [5.41, 5.74) is 12.7. The predicted molar refractivity (Wildman–Crippen MR) is 69.4 cm³/mol. The Hall–Kier alpha value is -2.50. The highest BCUT2D eigenvalue weighted by atomic mass is 16.5. The van der Waals surface area contributed by atoms with Gasteiger partial charge in [0.25, 0.3) is 0 Å². The zero-order valence-electron chi connectivity index (χ0n) is 10.2. The maximum Gasteiger partial charge on any atom is 0.222 e. The predicted octanol–water partition coefficient (Wildman–Crippen LogP) is 1.33. The molecule has 0 amide bonds.